The molecule has 0 aliphatic rings. The summed E-state index contributed by atoms with van der Waals surface area (Å²) in [5.41, 5.74) is 0. The first-order valence-corrected chi connectivity index (χ1v) is 0.365. The van der Waals surface area contributed by atoms with E-state index in [-0.39, 0.29) is 51.4 Å². The van der Waals surface area contributed by atoms with E-state index in [4.69, 9.17) is 9.81 Å². The van der Waals surface area contributed by atoms with Crippen LogP contribution in [-0.4, -0.2) is 0 Å². The molecule has 0 unspecified atom stereocenters. The van der Waals surface area contributed by atoms with Gasteiger partial charge >= 0.3 is 56.4 Å². The van der Waals surface area contributed by atoms with Crippen molar-refractivity contribution in [1.82, 2.24) is 5.04 Å². The maximum absolute atomic E-state index is 8.00. The maximum atomic E-state index is 8.00. The van der Waals surface area contributed by atoms with Gasteiger partial charge in [0.15, 0.2) is 0 Å². The fourth-order valence-corrected chi connectivity index (χ4v) is 0. The van der Waals surface area contributed by atoms with Gasteiger partial charge in [0.05, 0.1) is 0 Å². The van der Waals surface area contributed by atoms with Gasteiger partial charge in [-0.05, 0) is 0 Å². The number of rotatable bonds is 0. The minimum atomic E-state index is 0. The van der Waals surface area contributed by atoms with Crippen molar-refractivity contribution in [3.05, 3.63) is 9.81 Å². The van der Waals surface area contributed by atoms with Gasteiger partial charge in [0.25, 0.3) is 0 Å². The van der Waals surface area contributed by atoms with E-state index < -0.39 is 0 Å². The van der Waals surface area contributed by atoms with Gasteiger partial charge in [0, 0.05) is 0 Å². The van der Waals surface area contributed by atoms with Crippen LogP contribution in [0.1, 0.15) is 0 Å². The second-order valence-corrected chi connectivity index (χ2v) is 0.0745. The number of nitrogens with zero attached hydrogens (tertiary/aromatic N) is 1. The van der Waals surface area contributed by atoms with E-state index in [0.717, 1.165) is 5.04 Å². The average Bonchev–Trinajstić information content (AvgIpc) is 0.918. The topological polar surface area (TPSA) is 48.2 Å². The first kappa shape index (κ1) is 8.87. The smallest absolute Gasteiger partial charge is 0.215 e. The van der Waals surface area contributed by atoms with Gasteiger partial charge in [-0.15, -0.1) is 0 Å². The van der Waals surface area contributed by atoms with Gasteiger partial charge in [-0.3, -0.25) is 0 Å². The van der Waals surface area contributed by atoms with Crippen LogP contribution in [0.2, 0.25) is 0 Å². The summed E-state index contributed by atoms with van der Waals surface area (Å²) in [6.07, 6.45) is 0. The van der Waals surface area contributed by atoms with Crippen LogP contribution in [0, 0.1) is 9.81 Å². The zero-order valence-corrected chi connectivity index (χ0v) is 5.39. The Labute approximate surface area is 65.1 Å². The van der Waals surface area contributed by atoms with Crippen molar-refractivity contribution in [2.75, 3.05) is 0 Å². The van der Waals surface area contributed by atoms with Gasteiger partial charge in [0.1, 0.15) is 0 Å². The first-order chi connectivity index (χ1) is 1.41. The Balaban J connectivity index is 0. The fraction of sp³-hybridized carbons (Fsp3) is 0. The van der Waals surface area contributed by atoms with E-state index in [1.807, 2.05) is 0 Å². The quantitative estimate of drug-likeness (QED) is 0.227. The summed E-state index contributed by atoms with van der Waals surface area (Å²) in [6.45, 7) is 0. The summed E-state index contributed by atoms with van der Waals surface area (Å²) in [7, 11) is 0. The number of hydrogen-bond donors (Lipinski definition) is 0. The molecule has 0 amide bonds. The molecule has 0 heterocycles. The van der Waals surface area contributed by atoms with Crippen molar-refractivity contribution >= 4 is 0 Å². The molecule has 16 valence electrons. The second-order valence-electron chi connectivity index (χ2n) is 0.0745. The molecule has 3 nitrogen and oxygen atoms in total. The van der Waals surface area contributed by atoms with Gasteiger partial charge in [-0.2, -0.15) is 0 Å². The van der Waals surface area contributed by atoms with Crippen LogP contribution in [-0.2, 0) is 0 Å². The maximum Gasteiger partial charge on any atom is 1.00 e. The summed E-state index contributed by atoms with van der Waals surface area (Å²) in [4.78, 5) is 16.0. The zero-order chi connectivity index (χ0) is 2.71. The van der Waals surface area contributed by atoms with Crippen LogP contribution in [0.25, 0.3) is 0 Å². The van der Waals surface area contributed by atoms with Gasteiger partial charge in [0.2, 0.25) is 9.81 Å². The fourth-order valence-electron chi connectivity index (χ4n) is 0. The predicted molar refractivity (Wildman–Crippen MR) is 8.87 cm³/mol. The third kappa shape index (κ3) is 12.5. The molecule has 0 saturated carbocycles. The number of hydrogen-bond acceptors (Lipinski definition) is 2. The minimum absolute atomic E-state index is 0. The molecule has 0 saturated heterocycles. The van der Waals surface area contributed by atoms with E-state index in [2.05, 4.69) is 0 Å². The summed E-state index contributed by atoms with van der Waals surface area (Å²) < 4.78 is 0. The largest absolute Gasteiger partial charge is 1.00 e. The van der Waals surface area contributed by atoms with Gasteiger partial charge in [-0.1, -0.05) is 0 Å². The molecule has 0 radical (unpaired) electrons. The molecule has 0 aromatic carbocycles. The van der Waals surface area contributed by atoms with Crippen LogP contribution < -0.4 is 56.4 Å². The van der Waals surface area contributed by atoms with Crippen molar-refractivity contribution in [2.45, 2.75) is 0 Å². The standard InChI is InChI=1S/K.NO2/c;2-1-3/q2*+1. The normalized spacial score (nSPS) is 2.00. The van der Waals surface area contributed by atoms with Crippen molar-refractivity contribution in [1.29, 1.82) is 0 Å². The summed E-state index contributed by atoms with van der Waals surface area (Å²) >= 11 is 0. The molecule has 0 aromatic rings. The van der Waals surface area contributed by atoms with Crippen LogP contribution in [0.4, 0.5) is 0 Å². The molecule has 0 spiro atoms. The molecule has 0 aliphatic carbocycles. The molecular formula is KNO2+2. The molecule has 0 bridgehead atoms. The number of nitroso groups, excluding NO2 is 2. The minimum Gasteiger partial charge on any atom is 0.215 e. The monoisotopic (exact) mass is 85.0 g/mol. The SMILES string of the molecule is O=[N+]=O.[K+]. The molecule has 4 heavy (non-hydrogen) atoms. The van der Waals surface area contributed by atoms with Gasteiger partial charge in [-0.25, -0.2) is 0 Å². The van der Waals surface area contributed by atoms with E-state index in [0.29, 0.717) is 0 Å². The Kier molecular flexibility index (Phi) is 20.1. The molecular weight excluding hydrogens is 85.1 g/mol. The van der Waals surface area contributed by atoms with E-state index >= 15 is 0 Å². The summed E-state index contributed by atoms with van der Waals surface area (Å²) in [5, 5.41) is 1.00. The van der Waals surface area contributed by atoms with Crippen LogP contribution in [0.3, 0.4) is 0 Å². The molecule has 0 aliphatic heterocycles. The average molecular weight is 85.1 g/mol. The molecule has 0 fully saturated rings. The molecule has 0 aromatic heterocycles. The van der Waals surface area contributed by atoms with Crippen LogP contribution >= 0.6 is 0 Å². The Hall–Kier alpha value is 0.946. The third-order valence-corrected chi connectivity index (χ3v) is 0. The van der Waals surface area contributed by atoms with Crippen LogP contribution in [0.5, 0.6) is 0 Å². The Morgan fingerprint density at radius 3 is 1.25 bits per heavy atom. The van der Waals surface area contributed by atoms with E-state index in [1.165, 1.54) is 0 Å². The third-order valence-electron chi connectivity index (χ3n) is 0. The van der Waals surface area contributed by atoms with Crippen molar-refractivity contribution in [2.24, 2.45) is 0 Å². The first-order valence-electron chi connectivity index (χ1n) is 0.365. The van der Waals surface area contributed by atoms with Gasteiger partial charge < -0.3 is 0 Å². The summed E-state index contributed by atoms with van der Waals surface area (Å²) in [5.74, 6) is 0. The molecule has 4 heteroatoms. The Morgan fingerprint density at radius 1 is 1.25 bits per heavy atom. The molecule has 0 N–H and O–H groups in total. The Bertz CT molecular complexity index is 27.0. The zero-order valence-electron chi connectivity index (χ0n) is 2.26. The van der Waals surface area contributed by atoms with Crippen molar-refractivity contribution in [3.8, 4) is 0 Å². The Morgan fingerprint density at radius 2 is 1.25 bits per heavy atom. The van der Waals surface area contributed by atoms with Crippen LogP contribution in [0.15, 0.2) is 0 Å². The summed E-state index contributed by atoms with van der Waals surface area (Å²) in [6, 6.07) is 0. The van der Waals surface area contributed by atoms with E-state index in [1.54, 1.807) is 0 Å². The van der Waals surface area contributed by atoms with E-state index in [9.17, 15) is 0 Å². The second kappa shape index (κ2) is 9.04. The molecule has 0 rings (SSSR count). The predicted octanol–water partition coefficient (Wildman–Crippen LogP) is -3.41. The molecule has 0 atom stereocenters. The van der Waals surface area contributed by atoms with Crippen molar-refractivity contribution in [3.63, 3.8) is 0 Å². The van der Waals surface area contributed by atoms with Crippen molar-refractivity contribution < 1.29 is 51.4 Å².